The first kappa shape index (κ1) is 13.1. The molecule has 3 N–H and O–H groups in total. The fraction of sp³-hybridized carbons (Fsp3) is 0.0833. The van der Waals surface area contributed by atoms with Gasteiger partial charge < -0.3 is 15.6 Å². The Labute approximate surface area is 126 Å². The molecule has 20 heavy (non-hydrogen) atoms. The molecule has 2 heterocycles. The molecule has 0 saturated carbocycles. The number of carbonyl (C=O) groups is 1. The van der Waals surface area contributed by atoms with E-state index < -0.39 is 0 Å². The fourth-order valence-corrected chi connectivity index (χ4v) is 3.15. The number of hydrogen-bond acceptors (Lipinski definition) is 6. The van der Waals surface area contributed by atoms with Crippen LogP contribution in [-0.2, 0) is 6.54 Å². The van der Waals surface area contributed by atoms with Gasteiger partial charge in [0, 0.05) is 14.6 Å². The summed E-state index contributed by atoms with van der Waals surface area (Å²) in [4.78, 5) is 16.5. The average molecular weight is 353 g/mol. The second kappa shape index (κ2) is 5.22. The van der Waals surface area contributed by atoms with Crippen LogP contribution in [0.15, 0.2) is 33.6 Å². The third-order valence-corrected chi connectivity index (χ3v) is 4.39. The lowest BCUT2D eigenvalue weighted by Gasteiger charge is -2.00. The summed E-state index contributed by atoms with van der Waals surface area (Å²) in [5.74, 6) is 0.172. The van der Waals surface area contributed by atoms with Crippen LogP contribution in [0.2, 0.25) is 0 Å². The van der Waals surface area contributed by atoms with Crippen molar-refractivity contribution in [2.24, 2.45) is 0 Å². The highest BCUT2D eigenvalue weighted by Crippen LogP contribution is 2.35. The van der Waals surface area contributed by atoms with E-state index >= 15 is 0 Å². The largest absolute Gasteiger partial charge is 0.397 e. The Morgan fingerprint density at radius 2 is 2.35 bits per heavy atom. The summed E-state index contributed by atoms with van der Waals surface area (Å²) in [5.41, 5.74) is 6.52. The number of nitrogens with two attached hydrogens (primary N) is 1. The molecule has 0 bridgehead atoms. The van der Waals surface area contributed by atoms with E-state index in [1.54, 1.807) is 0 Å². The Hall–Kier alpha value is -1.93. The third-order valence-electron chi connectivity index (χ3n) is 2.71. The maximum Gasteiger partial charge on any atom is 0.263 e. The van der Waals surface area contributed by atoms with E-state index in [0.717, 1.165) is 14.6 Å². The summed E-state index contributed by atoms with van der Waals surface area (Å²) in [5, 5.41) is 7.21. The summed E-state index contributed by atoms with van der Waals surface area (Å²) in [6.45, 7) is 0.201. The number of anilines is 1. The lowest BCUT2D eigenvalue weighted by atomic mass is 10.2. The lowest BCUT2D eigenvalue weighted by molar-refractivity contribution is 0.0954. The van der Waals surface area contributed by atoms with Crippen LogP contribution in [0.4, 0.5) is 5.69 Å². The van der Waals surface area contributed by atoms with Gasteiger partial charge in [0.1, 0.15) is 4.88 Å². The van der Waals surface area contributed by atoms with Gasteiger partial charge in [-0.1, -0.05) is 21.1 Å². The van der Waals surface area contributed by atoms with Gasteiger partial charge >= 0.3 is 0 Å². The molecule has 0 aliphatic rings. The van der Waals surface area contributed by atoms with E-state index in [9.17, 15) is 4.79 Å². The number of aromatic nitrogens is 2. The molecule has 3 aromatic rings. The molecule has 6 nitrogen and oxygen atoms in total. The van der Waals surface area contributed by atoms with Gasteiger partial charge in [0.25, 0.3) is 5.91 Å². The van der Waals surface area contributed by atoms with Gasteiger partial charge in [-0.25, -0.2) is 0 Å². The highest BCUT2D eigenvalue weighted by molar-refractivity contribution is 9.10. The smallest absolute Gasteiger partial charge is 0.263 e. The number of halogens is 1. The van der Waals surface area contributed by atoms with Crippen LogP contribution in [0, 0.1) is 0 Å². The molecular formula is C12H9BrN4O2S. The van der Waals surface area contributed by atoms with Gasteiger partial charge in [-0.15, -0.1) is 11.3 Å². The number of amides is 1. The first-order chi connectivity index (χ1) is 9.65. The molecule has 0 aliphatic carbocycles. The van der Waals surface area contributed by atoms with E-state index in [4.69, 9.17) is 5.73 Å². The van der Waals surface area contributed by atoms with Gasteiger partial charge in [-0.05, 0) is 18.2 Å². The van der Waals surface area contributed by atoms with E-state index in [0.29, 0.717) is 16.4 Å². The molecule has 0 unspecified atom stereocenters. The molecule has 1 aromatic carbocycles. The third kappa shape index (κ3) is 2.39. The van der Waals surface area contributed by atoms with Gasteiger partial charge in [0.15, 0.2) is 5.82 Å². The first-order valence-electron chi connectivity index (χ1n) is 5.66. The van der Waals surface area contributed by atoms with Crippen molar-refractivity contribution in [3.8, 4) is 0 Å². The topological polar surface area (TPSA) is 94.0 Å². The number of nitrogens with zero attached hydrogens (tertiary/aromatic N) is 2. The lowest BCUT2D eigenvalue weighted by Crippen LogP contribution is -2.23. The molecule has 0 radical (unpaired) electrons. The van der Waals surface area contributed by atoms with Crippen molar-refractivity contribution in [3.05, 3.63) is 39.8 Å². The van der Waals surface area contributed by atoms with Crippen molar-refractivity contribution in [2.75, 3.05) is 5.73 Å². The highest BCUT2D eigenvalue weighted by atomic mass is 79.9. The second-order valence-corrected chi connectivity index (χ2v) is 5.98. The molecule has 0 saturated heterocycles. The Morgan fingerprint density at radius 3 is 3.10 bits per heavy atom. The number of hydrogen-bond donors (Lipinski definition) is 2. The summed E-state index contributed by atoms with van der Waals surface area (Å²) >= 11 is 4.75. The molecule has 8 heteroatoms. The van der Waals surface area contributed by atoms with Crippen molar-refractivity contribution in [2.45, 2.75) is 6.54 Å². The van der Waals surface area contributed by atoms with Crippen LogP contribution >= 0.6 is 27.3 Å². The van der Waals surface area contributed by atoms with Crippen LogP contribution in [0.1, 0.15) is 15.5 Å². The van der Waals surface area contributed by atoms with E-state index in [1.807, 2.05) is 18.2 Å². The number of rotatable bonds is 3. The zero-order chi connectivity index (χ0) is 14.1. The van der Waals surface area contributed by atoms with Crippen LogP contribution in [0.25, 0.3) is 10.1 Å². The maximum absolute atomic E-state index is 12.1. The molecule has 0 atom stereocenters. The van der Waals surface area contributed by atoms with E-state index in [2.05, 4.69) is 35.9 Å². The van der Waals surface area contributed by atoms with Crippen LogP contribution in [-0.4, -0.2) is 16.0 Å². The Balaban J connectivity index is 1.86. The predicted molar refractivity (Wildman–Crippen MR) is 79.4 cm³/mol. The van der Waals surface area contributed by atoms with Crippen molar-refractivity contribution >= 4 is 48.9 Å². The SMILES string of the molecule is Nc1c(C(=O)NCc2ncon2)sc2ccc(Br)cc12. The summed E-state index contributed by atoms with van der Waals surface area (Å²) in [7, 11) is 0. The summed E-state index contributed by atoms with van der Waals surface area (Å²) in [6, 6.07) is 5.74. The Morgan fingerprint density at radius 1 is 1.50 bits per heavy atom. The van der Waals surface area contributed by atoms with Gasteiger partial charge in [-0.2, -0.15) is 4.98 Å². The van der Waals surface area contributed by atoms with Crippen molar-refractivity contribution in [1.82, 2.24) is 15.5 Å². The van der Waals surface area contributed by atoms with Crippen molar-refractivity contribution < 1.29 is 9.32 Å². The van der Waals surface area contributed by atoms with Crippen LogP contribution < -0.4 is 11.1 Å². The van der Waals surface area contributed by atoms with E-state index in [-0.39, 0.29) is 12.5 Å². The van der Waals surface area contributed by atoms with Gasteiger partial charge in [0.05, 0.1) is 12.2 Å². The Kier molecular flexibility index (Phi) is 3.41. The highest BCUT2D eigenvalue weighted by Gasteiger charge is 2.16. The number of nitrogen functional groups attached to an aromatic ring is 1. The van der Waals surface area contributed by atoms with Crippen molar-refractivity contribution in [1.29, 1.82) is 0 Å². The van der Waals surface area contributed by atoms with Crippen LogP contribution in [0.5, 0.6) is 0 Å². The number of fused-ring (bicyclic) bond motifs is 1. The molecule has 0 spiro atoms. The molecule has 1 amide bonds. The normalized spacial score (nSPS) is 10.8. The maximum atomic E-state index is 12.1. The number of nitrogens with one attached hydrogen (secondary N) is 1. The number of thiophene rings is 1. The van der Waals surface area contributed by atoms with Crippen molar-refractivity contribution in [3.63, 3.8) is 0 Å². The molecule has 102 valence electrons. The quantitative estimate of drug-likeness (QED) is 0.755. The summed E-state index contributed by atoms with van der Waals surface area (Å²) in [6.07, 6.45) is 1.22. The number of benzene rings is 1. The fourth-order valence-electron chi connectivity index (χ4n) is 1.77. The molecule has 0 aliphatic heterocycles. The zero-order valence-electron chi connectivity index (χ0n) is 10.1. The molecular weight excluding hydrogens is 344 g/mol. The minimum Gasteiger partial charge on any atom is -0.397 e. The zero-order valence-corrected chi connectivity index (χ0v) is 12.5. The number of carbonyl (C=O) groups excluding carboxylic acids is 1. The standard InChI is InChI=1S/C12H9BrN4O2S/c13-6-1-2-8-7(3-6)10(14)11(20-8)12(18)15-4-9-16-5-19-17-9/h1-3,5H,4,14H2,(H,15,18). The predicted octanol–water partition coefficient (Wildman–Crippen LogP) is 2.56. The average Bonchev–Trinajstić information content (AvgIpc) is 3.05. The van der Waals surface area contributed by atoms with Crippen LogP contribution in [0.3, 0.4) is 0 Å². The monoisotopic (exact) mass is 352 g/mol. The minimum atomic E-state index is -0.246. The Bertz CT molecular complexity index is 769. The minimum absolute atomic E-state index is 0.201. The van der Waals surface area contributed by atoms with Gasteiger partial charge in [-0.3, -0.25) is 4.79 Å². The van der Waals surface area contributed by atoms with E-state index in [1.165, 1.54) is 17.7 Å². The molecule has 0 fully saturated rings. The second-order valence-electron chi connectivity index (χ2n) is 4.02. The summed E-state index contributed by atoms with van der Waals surface area (Å²) < 4.78 is 6.49. The molecule has 2 aromatic heterocycles. The molecule has 3 rings (SSSR count). The van der Waals surface area contributed by atoms with Gasteiger partial charge in [0.2, 0.25) is 6.39 Å². The first-order valence-corrected chi connectivity index (χ1v) is 7.27.